The Labute approximate surface area is 285 Å². The SMILES string of the molecule is O=C(NC1CCCC1)C(Cc1ccccc1)N(Cc1cccc(Cl)c1)C(=O)CN(c1ccc(Cl)cc1Cl)S(=O)(=O)c1ccccc1. The molecule has 5 rings (SSSR count). The first kappa shape index (κ1) is 33.8. The van der Waals surface area contributed by atoms with Crippen LogP contribution in [0.15, 0.2) is 108 Å². The highest BCUT2D eigenvalue weighted by Gasteiger charge is 2.36. The van der Waals surface area contributed by atoms with Gasteiger partial charge in [-0.1, -0.05) is 108 Å². The smallest absolute Gasteiger partial charge is 0.264 e. The highest BCUT2D eigenvalue weighted by Crippen LogP contribution is 2.33. The molecule has 0 spiro atoms. The molecule has 1 atom stereocenters. The van der Waals surface area contributed by atoms with Gasteiger partial charge in [-0.2, -0.15) is 0 Å². The monoisotopic (exact) mass is 697 g/mol. The molecule has 1 saturated carbocycles. The minimum absolute atomic E-state index is 0.0109. The zero-order valence-electron chi connectivity index (χ0n) is 25.0. The lowest BCUT2D eigenvalue weighted by atomic mass is 10.0. The van der Waals surface area contributed by atoms with Gasteiger partial charge in [0.25, 0.3) is 10.0 Å². The molecule has 7 nitrogen and oxygen atoms in total. The Hall–Kier alpha value is -3.56. The van der Waals surface area contributed by atoms with Crippen molar-refractivity contribution in [3.8, 4) is 0 Å². The van der Waals surface area contributed by atoms with Gasteiger partial charge < -0.3 is 10.2 Å². The maximum Gasteiger partial charge on any atom is 0.264 e. The highest BCUT2D eigenvalue weighted by atomic mass is 35.5. The van der Waals surface area contributed by atoms with Crippen molar-refractivity contribution in [3.05, 3.63) is 129 Å². The van der Waals surface area contributed by atoms with Gasteiger partial charge in [0.1, 0.15) is 12.6 Å². The summed E-state index contributed by atoms with van der Waals surface area (Å²) in [6.45, 7) is -0.607. The third-order valence-electron chi connectivity index (χ3n) is 8.00. The van der Waals surface area contributed by atoms with Gasteiger partial charge in [-0.3, -0.25) is 13.9 Å². The van der Waals surface area contributed by atoms with Crippen molar-refractivity contribution in [2.75, 3.05) is 10.8 Å². The first-order valence-electron chi connectivity index (χ1n) is 15.0. The number of carbonyl (C=O) groups excluding carboxylic acids is 2. The van der Waals surface area contributed by atoms with Crippen LogP contribution in [0, 0.1) is 0 Å². The van der Waals surface area contributed by atoms with Gasteiger partial charge in [0.2, 0.25) is 11.8 Å². The minimum atomic E-state index is -4.28. The van der Waals surface area contributed by atoms with Crippen LogP contribution in [0.1, 0.15) is 36.8 Å². The fraction of sp³-hybridized carbons (Fsp3) is 0.257. The van der Waals surface area contributed by atoms with Crippen LogP contribution in [0.25, 0.3) is 0 Å². The second-order valence-electron chi connectivity index (χ2n) is 11.3. The van der Waals surface area contributed by atoms with Crippen molar-refractivity contribution < 1.29 is 18.0 Å². The molecule has 1 unspecified atom stereocenters. The summed E-state index contributed by atoms with van der Waals surface area (Å²) in [5.41, 5.74) is 1.63. The number of nitrogens with zero attached hydrogens (tertiary/aromatic N) is 2. The molecular formula is C35H34Cl3N3O4S. The van der Waals surface area contributed by atoms with Crippen LogP contribution in [-0.4, -0.2) is 43.8 Å². The Bertz CT molecular complexity index is 1770. The number of amides is 2. The van der Waals surface area contributed by atoms with Crippen molar-refractivity contribution in [3.63, 3.8) is 0 Å². The zero-order chi connectivity index (χ0) is 32.7. The number of hydrogen-bond acceptors (Lipinski definition) is 4. The summed E-state index contributed by atoms with van der Waals surface area (Å²) >= 11 is 19.0. The third-order valence-corrected chi connectivity index (χ3v) is 10.5. The van der Waals surface area contributed by atoms with Crippen molar-refractivity contribution in [1.82, 2.24) is 10.2 Å². The summed E-state index contributed by atoms with van der Waals surface area (Å²) in [5, 5.41) is 4.00. The molecule has 1 aliphatic rings. The standard InChI is InChI=1S/C35H34Cl3N3O4S/c36-27-13-9-12-26(20-27)23-40(33(21-25-10-3-1-4-11-25)35(43)39-29-14-7-8-15-29)34(42)24-41(32-19-18-28(37)22-31(32)38)46(44,45)30-16-5-2-6-17-30/h1-6,9-13,16-20,22,29,33H,7-8,14-15,21,23-24H2,(H,39,43). The highest BCUT2D eigenvalue weighted by molar-refractivity contribution is 7.92. The maximum atomic E-state index is 14.6. The van der Waals surface area contributed by atoms with Gasteiger partial charge in [0, 0.05) is 29.1 Å². The normalized spacial score (nSPS) is 14.1. The lowest BCUT2D eigenvalue weighted by Gasteiger charge is -2.34. The van der Waals surface area contributed by atoms with Gasteiger partial charge >= 0.3 is 0 Å². The van der Waals surface area contributed by atoms with Crippen LogP contribution in [0.4, 0.5) is 5.69 Å². The summed E-state index contributed by atoms with van der Waals surface area (Å²) < 4.78 is 29.2. The molecule has 240 valence electrons. The molecule has 46 heavy (non-hydrogen) atoms. The van der Waals surface area contributed by atoms with Crippen molar-refractivity contribution in [2.24, 2.45) is 0 Å². The van der Waals surface area contributed by atoms with Gasteiger partial charge in [0.15, 0.2) is 0 Å². The molecule has 1 aliphatic carbocycles. The molecule has 1 N–H and O–H groups in total. The summed E-state index contributed by atoms with van der Waals surface area (Å²) in [5.74, 6) is -0.888. The van der Waals surface area contributed by atoms with E-state index in [0.717, 1.165) is 35.6 Å². The largest absolute Gasteiger partial charge is 0.352 e. The van der Waals surface area contributed by atoms with E-state index in [-0.39, 0.29) is 40.5 Å². The fourth-order valence-electron chi connectivity index (χ4n) is 5.67. The summed E-state index contributed by atoms with van der Waals surface area (Å²) in [6.07, 6.45) is 3.99. The minimum Gasteiger partial charge on any atom is -0.352 e. The molecule has 2 amide bonds. The van der Waals surface area contributed by atoms with E-state index in [4.69, 9.17) is 34.8 Å². The molecular weight excluding hydrogens is 665 g/mol. The van der Waals surface area contributed by atoms with Crippen molar-refractivity contribution >= 4 is 62.3 Å². The zero-order valence-corrected chi connectivity index (χ0v) is 28.1. The number of rotatable bonds is 12. The Kier molecular flexibility index (Phi) is 11.3. The molecule has 4 aromatic carbocycles. The van der Waals surface area contributed by atoms with Crippen LogP contribution in [0.5, 0.6) is 0 Å². The molecule has 1 fully saturated rings. The average Bonchev–Trinajstić information content (AvgIpc) is 3.56. The molecule has 0 bridgehead atoms. The number of halogens is 3. The molecule has 11 heteroatoms. The van der Waals surface area contributed by atoms with E-state index >= 15 is 0 Å². The molecule has 0 radical (unpaired) electrons. The van der Waals surface area contributed by atoms with E-state index in [1.54, 1.807) is 36.4 Å². The Morgan fingerprint density at radius 2 is 1.41 bits per heavy atom. The lowest BCUT2D eigenvalue weighted by Crippen LogP contribution is -2.54. The molecule has 0 saturated heterocycles. The Balaban J connectivity index is 1.58. The second-order valence-corrected chi connectivity index (χ2v) is 14.4. The number of nitrogens with one attached hydrogen (secondary N) is 1. The molecule has 0 aromatic heterocycles. The lowest BCUT2D eigenvalue weighted by molar-refractivity contribution is -0.140. The average molecular weight is 699 g/mol. The van der Waals surface area contributed by atoms with Gasteiger partial charge in [-0.25, -0.2) is 8.42 Å². The number of anilines is 1. The van der Waals surface area contributed by atoms with E-state index in [1.807, 2.05) is 36.4 Å². The van der Waals surface area contributed by atoms with Crippen molar-refractivity contribution in [2.45, 2.75) is 55.6 Å². The van der Waals surface area contributed by atoms with E-state index < -0.39 is 28.5 Å². The topological polar surface area (TPSA) is 86.8 Å². The number of carbonyl (C=O) groups is 2. The summed E-state index contributed by atoms with van der Waals surface area (Å²) in [4.78, 5) is 30.1. The van der Waals surface area contributed by atoms with Crippen LogP contribution >= 0.6 is 34.8 Å². The van der Waals surface area contributed by atoms with E-state index in [0.29, 0.717) is 15.6 Å². The van der Waals surface area contributed by atoms with Crippen LogP contribution in [0.2, 0.25) is 15.1 Å². The predicted octanol–water partition coefficient (Wildman–Crippen LogP) is 7.54. The van der Waals surface area contributed by atoms with E-state index in [1.165, 1.54) is 35.2 Å². The molecule has 0 heterocycles. The summed E-state index contributed by atoms with van der Waals surface area (Å²) in [6, 6.07) is 27.7. The van der Waals surface area contributed by atoms with Crippen molar-refractivity contribution in [1.29, 1.82) is 0 Å². The van der Waals surface area contributed by atoms with Gasteiger partial charge in [-0.15, -0.1) is 0 Å². The van der Waals surface area contributed by atoms with Gasteiger partial charge in [0.05, 0.1) is 15.6 Å². The first-order chi connectivity index (χ1) is 22.1. The molecule has 0 aliphatic heterocycles. The molecule has 4 aromatic rings. The Morgan fingerprint density at radius 3 is 2.07 bits per heavy atom. The van der Waals surface area contributed by atoms with E-state index in [9.17, 15) is 18.0 Å². The second kappa shape index (κ2) is 15.4. The Morgan fingerprint density at radius 1 is 0.783 bits per heavy atom. The number of sulfonamides is 1. The number of benzene rings is 4. The third kappa shape index (κ3) is 8.42. The number of hydrogen-bond donors (Lipinski definition) is 1. The van der Waals surface area contributed by atoms with Crippen LogP contribution < -0.4 is 9.62 Å². The predicted molar refractivity (Wildman–Crippen MR) is 184 cm³/mol. The van der Waals surface area contributed by atoms with Crippen LogP contribution in [0.3, 0.4) is 0 Å². The quantitative estimate of drug-likeness (QED) is 0.166. The first-order valence-corrected chi connectivity index (χ1v) is 17.6. The van der Waals surface area contributed by atoms with Crippen LogP contribution in [-0.2, 0) is 32.6 Å². The summed E-state index contributed by atoms with van der Waals surface area (Å²) in [7, 11) is -4.28. The fourth-order valence-corrected chi connectivity index (χ4v) is 7.90. The van der Waals surface area contributed by atoms with E-state index in [2.05, 4.69) is 5.32 Å². The maximum absolute atomic E-state index is 14.6. The van der Waals surface area contributed by atoms with Gasteiger partial charge in [-0.05, 0) is 66.4 Å².